The molecular weight excluding hydrogens is 160 g/mol. The second-order valence-electron chi connectivity index (χ2n) is 2.88. The molecule has 13 heavy (non-hydrogen) atoms. The molecule has 0 atom stereocenters. The molecule has 0 heterocycles. The number of rotatable bonds is 5. The predicted octanol–water partition coefficient (Wildman–Crippen LogP) is 3.84. The topological polar surface area (TPSA) is 9.23 Å². The van der Waals surface area contributed by atoms with E-state index < -0.39 is 0 Å². The number of hydrogen-bond acceptors (Lipinski definition) is 1. The molecule has 0 fully saturated rings. The van der Waals surface area contributed by atoms with Crippen molar-refractivity contribution in [2.45, 2.75) is 34.1 Å². The van der Waals surface area contributed by atoms with Crippen LogP contribution >= 0.6 is 0 Å². The minimum absolute atomic E-state index is 0.786. The lowest BCUT2D eigenvalue weighted by Gasteiger charge is -2.08. The summed E-state index contributed by atoms with van der Waals surface area (Å²) in [5, 5.41) is 0. The number of allylic oxidation sites excluding steroid dienone is 5. The van der Waals surface area contributed by atoms with Crippen LogP contribution in [-0.4, -0.2) is 6.61 Å². The number of ether oxygens (including phenoxy) is 1. The highest BCUT2D eigenvalue weighted by molar-refractivity contribution is 5.26. The monoisotopic (exact) mass is 180 g/mol. The van der Waals surface area contributed by atoms with Crippen molar-refractivity contribution in [1.29, 1.82) is 0 Å². The van der Waals surface area contributed by atoms with Gasteiger partial charge >= 0.3 is 0 Å². The van der Waals surface area contributed by atoms with Crippen molar-refractivity contribution >= 4 is 0 Å². The van der Waals surface area contributed by atoms with Gasteiger partial charge in [0.05, 0.1) is 6.61 Å². The van der Waals surface area contributed by atoms with Crippen LogP contribution in [0.5, 0.6) is 0 Å². The smallest absolute Gasteiger partial charge is 0.121 e. The van der Waals surface area contributed by atoms with Gasteiger partial charge in [0.2, 0.25) is 0 Å². The molecule has 0 radical (unpaired) electrons. The fourth-order valence-electron chi connectivity index (χ4n) is 0.831. The van der Waals surface area contributed by atoms with E-state index in [1.807, 2.05) is 32.1 Å². The zero-order valence-electron chi connectivity index (χ0n) is 9.13. The summed E-state index contributed by atoms with van der Waals surface area (Å²) >= 11 is 0. The number of hydrogen-bond donors (Lipinski definition) is 0. The van der Waals surface area contributed by atoms with Crippen molar-refractivity contribution in [3.05, 3.63) is 35.6 Å². The molecule has 0 aromatic rings. The second kappa shape index (κ2) is 7.66. The lowest BCUT2D eigenvalue weighted by Crippen LogP contribution is -1.94. The summed E-state index contributed by atoms with van der Waals surface area (Å²) in [4.78, 5) is 0. The average Bonchev–Trinajstić information content (AvgIpc) is 2.17. The molecule has 0 aromatic heterocycles. The third kappa shape index (κ3) is 5.29. The van der Waals surface area contributed by atoms with Gasteiger partial charge in [0, 0.05) is 0 Å². The van der Waals surface area contributed by atoms with Crippen molar-refractivity contribution in [2.75, 3.05) is 6.61 Å². The minimum atomic E-state index is 0.786. The summed E-state index contributed by atoms with van der Waals surface area (Å²) in [6.45, 7) is 8.98. The van der Waals surface area contributed by atoms with Crippen molar-refractivity contribution in [2.24, 2.45) is 0 Å². The molecular formula is C12H20O. The summed E-state index contributed by atoms with van der Waals surface area (Å²) < 4.78 is 5.59. The SMILES string of the molecule is C\C=C(C)/C(=C\C=C\C)OCCC. The Bertz CT molecular complexity index is 209. The van der Waals surface area contributed by atoms with Crippen molar-refractivity contribution in [3.63, 3.8) is 0 Å². The first-order valence-corrected chi connectivity index (χ1v) is 4.85. The Morgan fingerprint density at radius 2 is 2.00 bits per heavy atom. The Morgan fingerprint density at radius 1 is 1.31 bits per heavy atom. The maximum Gasteiger partial charge on any atom is 0.121 e. The van der Waals surface area contributed by atoms with Crippen LogP contribution in [0.4, 0.5) is 0 Å². The molecule has 0 aromatic carbocycles. The van der Waals surface area contributed by atoms with E-state index in [2.05, 4.69) is 19.9 Å². The van der Waals surface area contributed by atoms with E-state index in [4.69, 9.17) is 4.74 Å². The molecule has 0 aliphatic rings. The molecule has 0 saturated carbocycles. The highest BCUT2D eigenvalue weighted by Crippen LogP contribution is 2.11. The quantitative estimate of drug-likeness (QED) is 0.461. The van der Waals surface area contributed by atoms with Gasteiger partial charge in [-0.3, -0.25) is 0 Å². The lowest BCUT2D eigenvalue weighted by molar-refractivity contribution is 0.220. The molecule has 1 heteroatoms. The standard InChI is InChI=1S/C12H20O/c1-5-8-9-12(11(4)7-3)13-10-6-2/h5,7-9H,6,10H2,1-4H3/b8-5+,11-7-,12-9+. The largest absolute Gasteiger partial charge is 0.493 e. The van der Waals surface area contributed by atoms with E-state index in [9.17, 15) is 0 Å². The summed E-state index contributed by atoms with van der Waals surface area (Å²) in [6, 6.07) is 0. The highest BCUT2D eigenvalue weighted by Gasteiger charge is 1.97. The van der Waals surface area contributed by atoms with Gasteiger partial charge in [0.15, 0.2) is 0 Å². The van der Waals surface area contributed by atoms with Crippen LogP contribution in [0.2, 0.25) is 0 Å². The van der Waals surface area contributed by atoms with Gasteiger partial charge in [-0.05, 0) is 38.8 Å². The molecule has 1 nitrogen and oxygen atoms in total. The fraction of sp³-hybridized carbons (Fsp3) is 0.500. The summed E-state index contributed by atoms with van der Waals surface area (Å²) in [5.74, 6) is 0.974. The Balaban J connectivity index is 4.36. The van der Waals surface area contributed by atoms with Crippen LogP contribution in [0.1, 0.15) is 34.1 Å². The normalized spacial score (nSPS) is 13.8. The van der Waals surface area contributed by atoms with E-state index in [0.717, 1.165) is 18.8 Å². The third-order valence-electron chi connectivity index (χ3n) is 1.72. The first kappa shape index (κ1) is 12.0. The van der Waals surface area contributed by atoms with E-state index in [0.29, 0.717) is 0 Å². The highest BCUT2D eigenvalue weighted by atomic mass is 16.5. The first-order valence-electron chi connectivity index (χ1n) is 4.85. The van der Waals surface area contributed by atoms with Crippen molar-refractivity contribution in [3.8, 4) is 0 Å². The molecule has 0 N–H and O–H groups in total. The molecule has 0 saturated heterocycles. The van der Waals surface area contributed by atoms with Crippen LogP contribution in [0.25, 0.3) is 0 Å². The molecule has 0 spiro atoms. The predicted molar refractivity (Wildman–Crippen MR) is 58.6 cm³/mol. The third-order valence-corrected chi connectivity index (χ3v) is 1.72. The molecule has 0 aliphatic heterocycles. The van der Waals surface area contributed by atoms with Gasteiger partial charge in [0.25, 0.3) is 0 Å². The Labute approximate surface area is 81.8 Å². The van der Waals surface area contributed by atoms with Gasteiger partial charge in [0.1, 0.15) is 5.76 Å². The molecule has 0 unspecified atom stereocenters. The fourth-order valence-corrected chi connectivity index (χ4v) is 0.831. The summed E-state index contributed by atoms with van der Waals surface area (Å²) in [7, 11) is 0. The van der Waals surface area contributed by atoms with Crippen molar-refractivity contribution < 1.29 is 4.74 Å². The van der Waals surface area contributed by atoms with Gasteiger partial charge in [-0.15, -0.1) is 0 Å². The summed E-state index contributed by atoms with van der Waals surface area (Å²) in [5.41, 5.74) is 1.19. The maximum atomic E-state index is 5.59. The van der Waals surface area contributed by atoms with E-state index in [-0.39, 0.29) is 0 Å². The Hall–Kier alpha value is -0.980. The lowest BCUT2D eigenvalue weighted by atomic mass is 10.2. The van der Waals surface area contributed by atoms with Gasteiger partial charge in [-0.1, -0.05) is 25.2 Å². The molecule has 0 amide bonds. The Kier molecular flexibility index (Phi) is 7.08. The van der Waals surface area contributed by atoms with Gasteiger partial charge in [-0.25, -0.2) is 0 Å². The molecule has 0 rings (SSSR count). The van der Waals surface area contributed by atoms with Crippen LogP contribution in [0.3, 0.4) is 0 Å². The van der Waals surface area contributed by atoms with E-state index in [1.165, 1.54) is 5.57 Å². The van der Waals surface area contributed by atoms with Gasteiger partial charge < -0.3 is 4.74 Å². The van der Waals surface area contributed by atoms with Crippen LogP contribution in [0, 0.1) is 0 Å². The van der Waals surface area contributed by atoms with Gasteiger partial charge in [-0.2, -0.15) is 0 Å². The molecule has 0 bridgehead atoms. The average molecular weight is 180 g/mol. The van der Waals surface area contributed by atoms with E-state index >= 15 is 0 Å². The molecule has 74 valence electrons. The van der Waals surface area contributed by atoms with Crippen LogP contribution < -0.4 is 0 Å². The van der Waals surface area contributed by atoms with Crippen LogP contribution in [0.15, 0.2) is 35.6 Å². The maximum absolute atomic E-state index is 5.59. The zero-order chi connectivity index (χ0) is 10.1. The van der Waals surface area contributed by atoms with Crippen molar-refractivity contribution in [1.82, 2.24) is 0 Å². The minimum Gasteiger partial charge on any atom is -0.493 e. The molecule has 0 aliphatic carbocycles. The first-order chi connectivity index (χ1) is 6.26. The Morgan fingerprint density at radius 3 is 2.46 bits per heavy atom. The van der Waals surface area contributed by atoms with E-state index in [1.54, 1.807) is 0 Å². The summed E-state index contributed by atoms with van der Waals surface area (Å²) in [6.07, 6.45) is 9.11. The van der Waals surface area contributed by atoms with Crippen LogP contribution in [-0.2, 0) is 4.74 Å². The second-order valence-corrected chi connectivity index (χ2v) is 2.88. The zero-order valence-corrected chi connectivity index (χ0v) is 9.13.